The zero-order valence-electron chi connectivity index (χ0n) is 13.8. The van der Waals surface area contributed by atoms with Gasteiger partial charge in [-0.3, -0.25) is 5.32 Å². The van der Waals surface area contributed by atoms with Crippen molar-refractivity contribution in [1.82, 2.24) is 10.3 Å². The molecule has 0 saturated heterocycles. The fraction of sp³-hybridized carbons (Fsp3) is 0.412. The lowest BCUT2D eigenvalue weighted by Gasteiger charge is -2.19. The number of aromatic nitrogens is 1. The van der Waals surface area contributed by atoms with E-state index in [2.05, 4.69) is 48.5 Å². The standard InChI is InChI=1S/C17H23N3O2S/c1-17(2,3)13-5-7-14(8-6-13)22-11-4-9-18-15(21)20-16-19-10-12-23-16/h5-8,10,12H,4,9,11H2,1-3H3,(H2,18,19,20,21). The summed E-state index contributed by atoms with van der Waals surface area (Å²) in [4.78, 5) is 15.6. The molecule has 0 aliphatic carbocycles. The van der Waals surface area contributed by atoms with Crippen LogP contribution in [0.5, 0.6) is 5.75 Å². The maximum atomic E-state index is 11.6. The first kappa shape index (κ1) is 17.3. The smallest absolute Gasteiger partial charge is 0.321 e. The Morgan fingerprint density at radius 1 is 1.26 bits per heavy atom. The number of hydrogen-bond acceptors (Lipinski definition) is 4. The number of amides is 2. The monoisotopic (exact) mass is 333 g/mol. The second-order valence-corrected chi connectivity index (χ2v) is 7.09. The molecule has 6 heteroatoms. The number of rotatable bonds is 6. The highest BCUT2D eigenvalue weighted by Crippen LogP contribution is 2.24. The summed E-state index contributed by atoms with van der Waals surface area (Å²) in [5.74, 6) is 0.852. The Kier molecular flexibility index (Phi) is 5.98. The Hall–Kier alpha value is -2.08. The van der Waals surface area contributed by atoms with E-state index in [1.165, 1.54) is 16.9 Å². The Labute approximate surface area is 141 Å². The van der Waals surface area contributed by atoms with Gasteiger partial charge in [0.1, 0.15) is 5.75 Å². The number of anilines is 1. The van der Waals surface area contributed by atoms with Crippen molar-refractivity contribution in [2.75, 3.05) is 18.5 Å². The van der Waals surface area contributed by atoms with Crippen molar-refractivity contribution < 1.29 is 9.53 Å². The summed E-state index contributed by atoms with van der Waals surface area (Å²) in [6, 6.07) is 7.92. The lowest BCUT2D eigenvalue weighted by molar-refractivity contribution is 0.250. The van der Waals surface area contributed by atoms with Crippen LogP contribution >= 0.6 is 11.3 Å². The molecule has 0 saturated carbocycles. The lowest BCUT2D eigenvalue weighted by Crippen LogP contribution is -2.30. The van der Waals surface area contributed by atoms with Crippen molar-refractivity contribution in [2.24, 2.45) is 0 Å². The number of carbonyl (C=O) groups is 1. The van der Waals surface area contributed by atoms with Gasteiger partial charge in [0, 0.05) is 18.1 Å². The second kappa shape index (κ2) is 7.97. The summed E-state index contributed by atoms with van der Waals surface area (Å²) in [5, 5.41) is 7.85. The van der Waals surface area contributed by atoms with Crippen molar-refractivity contribution in [1.29, 1.82) is 0 Å². The van der Waals surface area contributed by atoms with Gasteiger partial charge in [-0.25, -0.2) is 9.78 Å². The molecule has 2 aromatic rings. The number of carbonyl (C=O) groups excluding carboxylic acids is 1. The maximum absolute atomic E-state index is 11.6. The molecule has 1 heterocycles. The van der Waals surface area contributed by atoms with Gasteiger partial charge in [0.05, 0.1) is 6.61 Å². The van der Waals surface area contributed by atoms with Gasteiger partial charge in [-0.05, 0) is 29.5 Å². The van der Waals surface area contributed by atoms with Crippen molar-refractivity contribution in [2.45, 2.75) is 32.6 Å². The van der Waals surface area contributed by atoms with Crippen molar-refractivity contribution in [3.05, 3.63) is 41.4 Å². The third-order valence-electron chi connectivity index (χ3n) is 3.25. The highest BCUT2D eigenvalue weighted by Gasteiger charge is 2.12. The summed E-state index contributed by atoms with van der Waals surface area (Å²) < 4.78 is 5.68. The third-order valence-corrected chi connectivity index (χ3v) is 3.94. The second-order valence-electron chi connectivity index (χ2n) is 6.19. The van der Waals surface area contributed by atoms with E-state index in [9.17, 15) is 4.79 Å². The molecule has 2 rings (SSSR count). The summed E-state index contributed by atoms with van der Waals surface area (Å²) in [7, 11) is 0. The molecule has 0 fully saturated rings. The fourth-order valence-corrected chi connectivity index (χ4v) is 2.47. The van der Waals surface area contributed by atoms with Gasteiger partial charge in [0.2, 0.25) is 0 Å². The number of urea groups is 1. The predicted molar refractivity (Wildman–Crippen MR) is 94.4 cm³/mol. The van der Waals surface area contributed by atoms with Crippen LogP contribution in [0.4, 0.5) is 9.93 Å². The van der Waals surface area contributed by atoms with Gasteiger partial charge in [-0.1, -0.05) is 32.9 Å². The molecular weight excluding hydrogens is 310 g/mol. The minimum Gasteiger partial charge on any atom is -0.494 e. The Morgan fingerprint density at radius 2 is 2.00 bits per heavy atom. The molecule has 0 spiro atoms. The zero-order chi connectivity index (χ0) is 16.7. The van der Waals surface area contributed by atoms with E-state index in [1.807, 2.05) is 17.5 Å². The van der Waals surface area contributed by atoms with Crippen LogP contribution in [0.25, 0.3) is 0 Å². The SMILES string of the molecule is CC(C)(C)c1ccc(OCCCNC(=O)Nc2nccs2)cc1. The first-order valence-corrected chi connectivity index (χ1v) is 8.51. The summed E-state index contributed by atoms with van der Waals surface area (Å²) in [6.07, 6.45) is 2.39. The van der Waals surface area contributed by atoms with Crippen LogP contribution in [0.1, 0.15) is 32.8 Å². The van der Waals surface area contributed by atoms with Crippen LogP contribution in [-0.2, 0) is 5.41 Å². The number of ether oxygens (including phenoxy) is 1. The van der Waals surface area contributed by atoms with Crippen LogP contribution in [0.2, 0.25) is 0 Å². The zero-order valence-corrected chi connectivity index (χ0v) is 14.6. The van der Waals surface area contributed by atoms with Gasteiger partial charge >= 0.3 is 6.03 Å². The first-order valence-electron chi connectivity index (χ1n) is 7.63. The number of thiazole rings is 1. The van der Waals surface area contributed by atoms with Crippen LogP contribution < -0.4 is 15.4 Å². The van der Waals surface area contributed by atoms with Crippen LogP contribution in [0.15, 0.2) is 35.8 Å². The number of hydrogen-bond donors (Lipinski definition) is 2. The molecule has 0 aliphatic rings. The van der Waals surface area contributed by atoms with E-state index < -0.39 is 0 Å². The molecule has 5 nitrogen and oxygen atoms in total. The molecule has 2 N–H and O–H groups in total. The molecule has 0 aliphatic heterocycles. The van der Waals surface area contributed by atoms with E-state index in [-0.39, 0.29) is 11.4 Å². The summed E-state index contributed by atoms with van der Waals surface area (Å²) >= 11 is 1.39. The molecule has 1 aromatic carbocycles. The molecule has 1 aromatic heterocycles. The minimum atomic E-state index is -0.241. The van der Waals surface area contributed by atoms with Gasteiger partial charge in [0.25, 0.3) is 0 Å². The fourth-order valence-electron chi connectivity index (χ4n) is 1.94. The lowest BCUT2D eigenvalue weighted by atomic mass is 9.87. The number of nitrogens with zero attached hydrogens (tertiary/aromatic N) is 1. The third kappa shape index (κ3) is 5.90. The van der Waals surface area contributed by atoms with Crippen LogP contribution in [0.3, 0.4) is 0 Å². The number of nitrogens with one attached hydrogen (secondary N) is 2. The predicted octanol–water partition coefficient (Wildman–Crippen LogP) is 4.03. The average Bonchev–Trinajstić information content (AvgIpc) is 2.99. The Bertz CT molecular complexity index is 604. The molecule has 2 amide bonds. The quantitative estimate of drug-likeness (QED) is 0.785. The van der Waals surface area contributed by atoms with E-state index in [0.29, 0.717) is 18.3 Å². The van der Waals surface area contributed by atoms with E-state index in [1.54, 1.807) is 6.20 Å². The molecule has 0 radical (unpaired) electrons. The Morgan fingerprint density at radius 3 is 2.61 bits per heavy atom. The molecular formula is C17H23N3O2S. The maximum Gasteiger partial charge on any atom is 0.321 e. The number of benzene rings is 1. The van der Waals surface area contributed by atoms with Gasteiger partial charge in [0.15, 0.2) is 5.13 Å². The topological polar surface area (TPSA) is 63.2 Å². The first-order chi connectivity index (χ1) is 10.9. The largest absolute Gasteiger partial charge is 0.494 e. The average molecular weight is 333 g/mol. The summed E-state index contributed by atoms with van der Waals surface area (Å²) in [6.45, 7) is 7.67. The van der Waals surface area contributed by atoms with Crippen LogP contribution in [-0.4, -0.2) is 24.2 Å². The molecule has 0 bridgehead atoms. The highest BCUT2D eigenvalue weighted by atomic mass is 32.1. The van der Waals surface area contributed by atoms with Gasteiger partial charge < -0.3 is 10.1 Å². The molecule has 0 unspecified atom stereocenters. The van der Waals surface area contributed by atoms with Crippen molar-refractivity contribution >= 4 is 22.5 Å². The molecule has 23 heavy (non-hydrogen) atoms. The van der Waals surface area contributed by atoms with E-state index in [4.69, 9.17) is 4.74 Å². The molecule has 124 valence electrons. The van der Waals surface area contributed by atoms with E-state index >= 15 is 0 Å². The Balaban J connectivity index is 1.63. The van der Waals surface area contributed by atoms with Gasteiger partial charge in [-0.15, -0.1) is 11.3 Å². The van der Waals surface area contributed by atoms with Crippen molar-refractivity contribution in [3.63, 3.8) is 0 Å². The highest BCUT2D eigenvalue weighted by molar-refractivity contribution is 7.13. The van der Waals surface area contributed by atoms with Crippen LogP contribution in [0, 0.1) is 0 Å². The minimum absolute atomic E-state index is 0.146. The molecule has 0 atom stereocenters. The van der Waals surface area contributed by atoms with Crippen molar-refractivity contribution in [3.8, 4) is 5.75 Å². The summed E-state index contributed by atoms with van der Waals surface area (Å²) in [5.41, 5.74) is 1.43. The van der Waals surface area contributed by atoms with E-state index in [0.717, 1.165) is 12.2 Å². The normalized spacial score (nSPS) is 11.1. The van der Waals surface area contributed by atoms with Gasteiger partial charge in [-0.2, -0.15) is 0 Å².